The second-order valence-corrected chi connectivity index (χ2v) is 8.96. The molecule has 0 fully saturated rings. The van der Waals surface area contributed by atoms with E-state index in [0.29, 0.717) is 12.5 Å². The van der Waals surface area contributed by atoms with E-state index in [4.69, 9.17) is 9.47 Å². The zero-order valence-electron chi connectivity index (χ0n) is 21.4. The van der Waals surface area contributed by atoms with Gasteiger partial charge >= 0.3 is 35.8 Å². The van der Waals surface area contributed by atoms with Gasteiger partial charge in [0.25, 0.3) is 0 Å². The quantitative estimate of drug-likeness (QED) is 0.0939. The maximum absolute atomic E-state index is 13.8. The van der Waals surface area contributed by atoms with Crippen LogP contribution in [-0.4, -0.2) is 54.0 Å². The van der Waals surface area contributed by atoms with Crippen molar-refractivity contribution in [2.45, 2.75) is 63.0 Å². The van der Waals surface area contributed by atoms with Gasteiger partial charge in [0.15, 0.2) is 6.61 Å². The molecule has 0 unspecified atom stereocenters. The van der Waals surface area contributed by atoms with Crippen molar-refractivity contribution in [2.75, 3.05) is 13.2 Å². The Morgan fingerprint density at radius 2 is 1.39 bits per heavy atom. The number of aromatic nitrogens is 1. The third-order valence-corrected chi connectivity index (χ3v) is 5.82. The van der Waals surface area contributed by atoms with Crippen LogP contribution in [0.2, 0.25) is 0 Å². The van der Waals surface area contributed by atoms with Crippen LogP contribution < -0.4 is 14.2 Å². The van der Waals surface area contributed by atoms with E-state index >= 15 is 0 Å². The molecule has 2 aromatic rings. The first kappa shape index (κ1) is 33.9. The summed E-state index contributed by atoms with van der Waals surface area (Å²) in [5.41, 5.74) is -0.0178. The summed E-state index contributed by atoms with van der Waals surface area (Å²) in [7, 11) is 0. The van der Waals surface area contributed by atoms with Gasteiger partial charge in [0.2, 0.25) is 5.88 Å². The van der Waals surface area contributed by atoms with Crippen LogP contribution in [0.3, 0.4) is 0 Å². The molecule has 0 spiro atoms. The lowest BCUT2D eigenvalue weighted by molar-refractivity contribution is -0.423. The maximum Gasteiger partial charge on any atom is 0.460 e. The molecule has 0 amide bonds. The van der Waals surface area contributed by atoms with Gasteiger partial charge in [-0.15, -0.1) is 0 Å². The topological polar surface area (TPSA) is 57.7 Å². The summed E-state index contributed by atoms with van der Waals surface area (Å²) in [6.07, 6.45) is -3.27. The Bertz CT molecular complexity index is 1140. The van der Waals surface area contributed by atoms with Gasteiger partial charge in [0.05, 0.1) is 12.2 Å². The summed E-state index contributed by atoms with van der Waals surface area (Å²) in [4.78, 5) is 16.2. The molecule has 1 aromatic carbocycles. The molecule has 41 heavy (non-hydrogen) atoms. The van der Waals surface area contributed by atoms with Gasteiger partial charge in [-0.1, -0.05) is 20.3 Å². The standard InChI is InChI=1S/C25H24F11NO4/c1-3-15(2)5-4-12-39-19-11-6-16(13-37-19)20(38)41-18-9-7-17(8-10-18)40-14-21(26,27)22(28,29)23(30,31)24(32,33)25(34,35)36/h6-11,13,15H,3-5,12,14H2,1-2H3/t15-/m0/s1. The van der Waals surface area contributed by atoms with Crippen LogP contribution in [0.15, 0.2) is 42.6 Å². The van der Waals surface area contributed by atoms with Crippen LogP contribution >= 0.6 is 0 Å². The van der Waals surface area contributed by atoms with Gasteiger partial charge in [0.1, 0.15) is 11.5 Å². The monoisotopic (exact) mass is 611 g/mol. The van der Waals surface area contributed by atoms with Gasteiger partial charge in [-0.2, -0.15) is 48.3 Å². The molecule has 0 bridgehead atoms. The van der Waals surface area contributed by atoms with Crippen LogP contribution in [-0.2, 0) is 0 Å². The Morgan fingerprint density at radius 1 is 0.805 bits per heavy atom. The number of ether oxygens (including phenoxy) is 3. The number of carbonyl (C=O) groups excluding carboxylic acids is 1. The zero-order valence-corrected chi connectivity index (χ0v) is 21.4. The highest BCUT2D eigenvalue weighted by Crippen LogP contribution is 2.57. The average molecular weight is 611 g/mol. The number of hydrogen-bond acceptors (Lipinski definition) is 5. The minimum absolute atomic E-state index is 0.0178. The van der Waals surface area contributed by atoms with Gasteiger partial charge in [-0.05, 0) is 49.1 Å². The van der Waals surface area contributed by atoms with Gasteiger partial charge in [-0.25, -0.2) is 9.78 Å². The van der Waals surface area contributed by atoms with Crippen molar-refractivity contribution >= 4 is 5.97 Å². The van der Waals surface area contributed by atoms with E-state index < -0.39 is 48.2 Å². The van der Waals surface area contributed by atoms with Crippen molar-refractivity contribution < 1.29 is 67.3 Å². The third kappa shape index (κ3) is 7.70. The molecule has 16 heteroatoms. The molecule has 2 rings (SSSR count). The second-order valence-electron chi connectivity index (χ2n) is 8.96. The van der Waals surface area contributed by atoms with E-state index in [9.17, 15) is 53.1 Å². The number of rotatable bonds is 14. The largest absolute Gasteiger partial charge is 0.487 e. The van der Waals surface area contributed by atoms with Crippen LogP contribution in [0.25, 0.3) is 0 Å². The van der Waals surface area contributed by atoms with E-state index in [-0.39, 0.29) is 17.2 Å². The fourth-order valence-corrected chi connectivity index (χ4v) is 3.04. The Kier molecular flexibility index (Phi) is 10.5. The fourth-order valence-electron chi connectivity index (χ4n) is 3.04. The fraction of sp³-hybridized carbons (Fsp3) is 0.520. The van der Waals surface area contributed by atoms with Crippen LogP contribution in [0.5, 0.6) is 17.4 Å². The molecule has 0 N–H and O–H groups in total. The Morgan fingerprint density at radius 3 is 1.90 bits per heavy atom. The molecule has 0 aliphatic carbocycles. The number of benzene rings is 1. The number of halogens is 11. The summed E-state index contributed by atoms with van der Waals surface area (Å²) < 4.78 is 158. The molecule has 0 saturated carbocycles. The number of hydrogen-bond donors (Lipinski definition) is 0. The first-order valence-electron chi connectivity index (χ1n) is 11.9. The predicted octanol–water partition coefficient (Wildman–Crippen LogP) is 7.99. The molecule has 0 saturated heterocycles. The van der Waals surface area contributed by atoms with Crippen molar-refractivity contribution in [1.82, 2.24) is 4.98 Å². The third-order valence-electron chi connectivity index (χ3n) is 5.82. The molecule has 1 heterocycles. The molecule has 0 aliphatic rings. The van der Waals surface area contributed by atoms with E-state index in [1.807, 2.05) is 0 Å². The van der Waals surface area contributed by atoms with E-state index in [1.54, 1.807) is 0 Å². The first-order valence-corrected chi connectivity index (χ1v) is 11.9. The molecular formula is C25H24F11NO4. The molecule has 0 aliphatic heterocycles. The molecule has 230 valence electrons. The highest BCUT2D eigenvalue weighted by Gasteiger charge is 2.87. The second kappa shape index (κ2) is 12.7. The highest BCUT2D eigenvalue weighted by atomic mass is 19.4. The Balaban J connectivity index is 1.97. The van der Waals surface area contributed by atoms with Gasteiger partial charge in [0, 0.05) is 12.3 Å². The number of alkyl halides is 11. The Labute approximate surface area is 226 Å². The minimum Gasteiger partial charge on any atom is -0.487 e. The first-order chi connectivity index (χ1) is 18.8. The lowest BCUT2D eigenvalue weighted by Crippen LogP contribution is -2.67. The SMILES string of the molecule is CC[C@H](C)CCCOc1ccc(C(=O)Oc2ccc(OCC(F)(F)C(F)(F)C(F)(F)C(F)(F)C(F)(F)F)cc2)cn1. The number of pyridine rings is 1. The summed E-state index contributed by atoms with van der Waals surface area (Å²) in [6.45, 7) is 1.91. The zero-order chi connectivity index (χ0) is 31.3. The molecule has 1 atom stereocenters. The lowest BCUT2D eigenvalue weighted by Gasteiger charge is -2.37. The van der Waals surface area contributed by atoms with Gasteiger partial charge < -0.3 is 14.2 Å². The van der Waals surface area contributed by atoms with Gasteiger partial charge in [-0.3, -0.25) is 0 Å². The number of carbonyl (C=O) groups is 1. The summed E-state index contributed by atoms with van der Waals surface area (Å²) in [5, 5.41) is 0. The lowest BCUT2D eigenvalue weighted by atomic mass is 9.98. The minimum atomic E-state index is -7.52. The smallest absolute Gasteiger partial charge is 0.460 e. The van der Waals surface area contributed by atoms with Crippen LogP contribution in [0, 0.1) is 5.92 Å². The number of esters is 1. The summed E-state index contributed by atoms with van der Waals surface area (Å²) in [6, 6.07) is 6.11. The highest BCUT2D eigenvalue weighted by molar-refractivity contribution is 5.90. The normalized spacial score (nSPS) is 14.0. The van der Waals surface area contributed by atoms with Crippen molar-refractivity contribution in [3.05, 3.63) is 48.2 Å². The molecule has 5 nitrogen and oxygen atoms in total. The predicted molar refractivity (Wildman–Crippen MR) is 121 cm³/mol. The summed E-state index contributed by atoms with van der Waals surface area (Å²) in [5.74, 6) is -29.4. The average Bonchev–Trinajstić information content (AvgIpc) is 2.89. The van der Waals surface area contributed by atoms with Crippen molar-refractivity contribution in [3.8, 4) is 17.4 Å². The van der Waals surface area contributed by atoms with Crippen LogP contribution in [0.1, 0.15) is 43.5 Å². The van der Waals surface area contributed by atoms with Crippen molar-refractivity contribution in [3.63, 3.8) is 0 Å². The van der Waals surface area contributed by atoms with E-state index in [2.05, 4.69) is 23.6 Å². The number of nitrogens with zero attached hydrogens (tertiary/aromatic N) is 1. The Hall–Kier alpha value is -3.33. The molecule has 1 aromatic heterocycles. The van der Waals surface area contributed by atoms with Crippen molar-refractivity contribution in [2.24, 2.45) is 5.92 Å². The van der Waals surface area contributed by atoms with Crippen molar-refractivity contribution in [1.29, 1.82) is 0 Å². The molecule has 0 radical (unpaired) electrons. The molecular weight excluding hydrogens is 587 g/mol. The van der Waals surface area contributed by atoms with E-state index in [0.717, 1.165) is 49.7 Å². The summed E-state index contributed by atoms with van der Waals surface area (Å²) >= 11 is 0. The van der Waals surface area contributed by atoms with Crippen LogP contribution in [0.4, 0.5) is 48.3 Å². The van der Waals surface area contributed by atoms with E-state index in [1.165, 1.54) is 12.1 Å². The maximum atomic E-state index is 13.8.